The Morgan fingerprint density at radius 1 is 0.958 bits per heavy atom. The Kier molecular flexibility index (Phi) is 6.18. The molecule has 1 rings (SSSR count). The number of carbonyl (C=O) groups is 2. The molecule has 24 heavy (non-hydrogen) atoms. The molecule has 0 aliphatic rings. The van der Waals surface area contributed by atoms with Gasteiger partial charge in [-0.15, -0.1) is 0 Å². The number of hydrogen-bond acceptors (Lipinski definition) is 3. The van der Waals surface area contributed by atoms with Crippen molar-refractivity contribution in [2.75, 3.05) is 25.6 Å². The SMILES string of the molecule is COCCNC(=O)C(=O)Nc1cc(C(F)(F)F)cc(C(F)(F)F)c1. The molecule has 0 aromatic heterocycles. The van der Waals surface area contributed by atoms with Gasteiger partial charge in [0.25, 0.3) is 0 Å². The van der Waals surface area contributed by atoms with E-state index in [1.807, 2.05) is 0 Å². The first-order valence-corrected chi connectivity index (χ1v) is 6.32. The summed E-state index contributed by atoms with van der Waals surface area (Å²) >= 11 is 0. The topological polar surface area (TPSA) is 67.4 Å². The minimum atomic E-state index is -5.05. The lowest BCUT2D eigenvalue weighted by atomic mass is 10.1. The Balaban J connectivity index is 3.02. The number of amides is 2. The summed E-state index contributed by atoms with van der Waals surface area (Å²) in [4.78, 5) is 22.9. The summed E-state index contributed by atoms with van der Waals surface area (Å²) in [6.45, 7) is 0.0138. The van der Waals surface area contributed by atoms with E-state index < -0.39 is 41.0 Å². The number of anilines is 1. The summed E-state index contributed by atoms with van der Waals surface area (Å²) in [5.74, 6) is -2.63. The molecule has 11 heteroatoms. The first-order valence-electron chi connectivity index (χ1n) is 6.32. The summed E-state index contributed by atoms with van der Waals surface area (Å²) in [5.41, 5.74) is -4.01. The van der Waals surface area contributed by atoms with Crippen molar-refractivity contribution < 1.29 is 40.7 Å². The number of alkyl halides is 6. The van der Waals surface area contributed by atoms with Gasteiger partial charge < -0.3 is 15.4 Å². The third-order valence-electron chi connectivity index (χ3n) is 2.64. The van der Waals surface area contributed by atoms with Crippen molar-refractivity contribution in [3.05, 3.63) is 29.3 Å². The van der Waals surface area contributed by atoms with Crippen molar-refractivity contribution in [3.63, 3.8) is 0 Å². The van der Waals surface area contributed by atoms with Crippen LogP contribution in [0.25, 0.3) is 0 Å². The average Bonchev–Trinajstić information content (AvgIpc) is 2.45. The fraction of sp³-hybridized carbons (Fsp3) is 0.385. The van der Waals surface area contributed by atoms with E-state index in [0.717, 1.165) is 0 Å². The molecule has 0 aliphatic carbocycles. The van der Waals surface area contributed by atoms with Crippen LogP contribution < -0.4 is 10.6 Å². The lowest BCUT2D eigenvalue weighted by Gasteiger charge is -2.14. The molecule has 0 unspecified atom stereocenters. The Hall–Kier alpha value is -2.30. The fourth-order valence-electron chi connectivity index (χ4n) is 1.56. The zero-order valence-electron chi connectivity index (χ0n) is 12.1. The molecule has 0 atom stereocenters. The largest absolute Gasteiger partial charge is 0.416 e. The van der Waals surface area contributed by atoms with Crippen LogP contribution in [-0.2, 0) is 26.7 Å². The predicted molar refractivity (Wildman–Crippen MR) is 70.0 cm³/mol. The van der Waals surface area contributed by atoms with Crippen LogP contribution in [0.4, 0.5) is 32.0 Å². The molecule has 2 N–H and O–H groups in total. The third-order valence-corrected chi connectivity index (χ3v) is 2.64. The van der Waals surface area contributed by atoms with Gasteiger partial charge >= 0.3 is 24.2 Å². The van der Waals surface area contributed by atoms with Crippen molar-refractivity contribution in [2.24, 2.45) is 0 Å². The monoisotopic (exact) mass is 358 g/mol. The van der Waals surface area contributed by atoms with E-state index in [4.69, 9.17) is 0 Å². The van der Waals surface area contributed by atoms with Crippen LogP contribution in [0.15, 0.2) is 18.2 Å². The van der Waals surface area contributed by atoms with E-state index in [0.29, 0.717) is 12.1 Å². The minimum Gasteiger partial charge on any atom is -0.383 e. The summed E-state index contributed by atoms with van der Waals surface area (Å²) < 4.78 is 80.6. The van der Waals surface area contributed by atoms with Gasteiger partial charge in [-0.25, -0.2) is 0 Å². The second-order valence-electron chi connectivity index (χ2n) is 4.50. The second kappa shape index (κ2) is 7.51. The Morgan fingerprint density at radius 3 is 1.88 bits per heavy atom. The van der Waals surface area contributed by atoms with Crippen LogP contribution in [0.1, 0.15) is 11.1 Å². The van der Waals surface area contributed by atoms with E-state index in [9.17, 15) is 35.9 Å². The smallest absolute Gasteiger partial charge is 0.383 e. The number of methoxy groups -OCH3 is 1. The first kappa shape index (κ1) is 19.7. The number of benzene rings is 1. The van der Waals surface area contributed by atoms with Gasteiger partial charge in [-0.1, -0.05) is 0 Å². The van der Waals surface area contributed by atoms with Crippen molar-refractivity contribution in [1.82, 2.24) is 5.32 Å². The summed E-state index contributed by atoms with van der Waals surface area (Å²) in [6.07, 6.45) is -10.1. The van der Waals surface area contributed by atoms with Crippen LogP contribution in [0, 0.1) is 0 Å². The van der Waals surface area contributed by atoms with Gasteiger partial charge in [-0.3, -0.25) is 9.59 Å². The van der Waals surface area contributed by atoms with E-state index in [-0.39, 0.29) is 19.2 Å². The third kappa shape index (κ3) is 5.72. The maximum atomic E-state index is 12.7. The summed E-state index contributed by atoms with van der Waals surface area (Å²) in [7, 11) is 1.33. The zero-order chi connectivity index (χ0) is 18.5. The lowest BCUT2D eigenvalue weighted by Crippen LogP contribution is -2.37. The highest BCUT2D eigenvalue weighted by Gasteiger charge is 2.37. The molecule has 134 valence electrons. The highest BCUT2D eigenvalue weighted by Crippen LogP contribution is 2.37. The first-order chi connectivity index (χ1) is 10.9. The molecule has 0 saturated carbocycles. The van der Waals surface area contributed by atoms with Crippen molar-refractivity contribution in [1.29, 1.82) is 0 Å². The number of nitrogens with one attached hydrogen (secondary N) is 2. The maximum Gasteiger partial charge on any atom is 0.416 e. The molecule has 0 spiro atoms. The molecular formula is C13H12F6N2O3. The normalized spacial score (nSPS) is 12.0. The molecule has 5 nitrogen and oxygen atoms in total. The van der Waals surface area contributed by atoms with Crippen LogP contribution in [0.5, 0.6) is 0 Å². The molecule has 0 aliphatic heterocycles. The number of rotatable bonds is 4. The highest BCUT2D eigenvalue weighted by atomic mass is 19.4. The van der Waals surface area contributed by atoms with Gasteiger partial charge in [0.2, 0.25) is 0 Å². The van der Waals surface area contributed by atoms with E-state index >= 15 is 0 Å². The Morgan fingerprint density at radius 2 is 1.46 bits per heavy atom. The minimum absolute atomic E-state index is 0.0564. The van der Waals surface area contributed by atoms with E-state index in [1.54, 1.807) is 5.32 Å². The molecular weight excluding hydrogens is 346 g/mol. The van der Waals surface area contributed by atoms with Crippen LogP contribution in [-0.4, -0.2) is 32.1 Å². The van der Waals surface area contributed by atoms with Gasteiger partial charge in [-0.05, 0) is 18.2 Å². The molecule has 0 radical (unpaired) electrons. The van der Waals surface area contributed by atoms with Crippen LogP contribution in [0.3, 0.4) is 0 Å². The Labute approximate surface area is 132 Å². The zero-order valence-corrected chi connectivity index (χ0v) is 12.1. The van der Waals surface area contributed by atoms with Gasteiger partial charge in [0, 0.05) is 19.3 Å². The molecule has 0 bridgehead atoms. The van der Waals surface area contributed by atoms with Gasteiger partial charge in [-0.2, -0.15) is 26.3 Å². The van der Waals surface area contributed by atoms with Gasteiger partial charge in [0.1, 0.15) is 0 Å². The highest BCUT2D eigenvalue weighted by molar-refractivity contribution is 6.39. The molecule has 2 amide bonds. The average molecular weight is 358 g/mol. The summed E-state index contributed by atoms with van der Waals surface area (Å²) in [6, 6.07) is 0.513. The molecule has 1 aromatic rings. The van der Waals surface area contributed by atoms with Gasteiger partial charge in [0.05, 0.1) is 17.7 Å². The quantitative estimate of drug-likeness (QED) is 0.494. The number of carbonyl (C=O) groups excluding carboxylic acids is 2. The van der Waals surface area contributed by atoms with Crippen LogP contribution in [0.2, 0.25) is 0 Å². The maximum absolute atomic E-state index is 12.7. The number of hydrogen-bond donors (Lipinski definition) is 2. The summed E-state index contributed by atoms with van der Waals surface area (Å²) in [5, 5.41) is 3.77. The van der Waals surface area contributed by atoms with Crippen molar-refractivity contribution in [3.8, 4) is 0 Å². The molecule has 0 fully saturated rings. The molecule has 0 heterocycles. The molecule has 0 saturated heterocycles. The second-order valence-corrected chi connectivity index (χ2v) is 4.50. The van der Waals surface area contributed by atoms with Crippen LogP contribution >= 0.6 is 0 Å². The lowest BCUT2D eigenvalue weighted by molar-refractivity contribution is -0.143. The van der Waals surface area contributed by atoms with Gasteiger partial charge in [0.15, 0.2) is 0 Å². The molecule has 1 aromatic carbocycles. The van der Waals surface area contributed by atoms with E-state index in [1.165, 1.54) is 7.11 Å². The fourth-order valence-corrected chi connectivity index (χ4v) is 1.56. The van der Waals surface area contributed by atoms with Crippen molar-refractivity contribution in [2.45, 2.75) is 12.4 Å². The van der Waals surface area contributed by atoms with Crippen molar-refractivity contribution >= 4 is 17.5 Å². The predicted octanol–water partition coefficient (Wildman–Crippen LogP) is 2.43. The number of ether oxygens (including phenoxy) is 1. The Bertz CT molecular complexity index is 580. The van der Waals surface area contributed by atoms with E-state index in [2.05, 4.69) is 10.1 Å². The standard InChI is InChI=1S/C13H12F6N2O3/c1-24-3-2-20-10(22)11(23)21-9-5-7(12(14,15)16)4-8(6-9)13(17,18)19/h4-6H,2-3H2,1H3,(H,20,22)(H,21,23). The number of halogens is 6.